The molecule has 1 aromatic heterocycles. The van der Waals surface area contributed by atoms with Crippen molar-refractivity contribution in [2.45, 2.75) is 13.1 Å². The van der Waals surface area contributed by atoms with Crippen molar-refractivity contribution in [3.05, 3.63) is 41.7 Å². The number of nitrogen functional groups attached to an aromatic ring is 1. The van der Waals surface area contributed by atoms with Crippen LogP contribution in [0.2, 0.25) is 0 Å². The summed E-state index contributed by atoms with van der Waals surface area (Å²) in [5.74, 6) is 6.06. The topological polar surface area (TPSA) is 75.9 Å². The molecule has 0 spiro atoms. The zero-order chi connectivity index (χ0) is 14.8. The Bertz CT molecular complexity index is 612. The van der Waals surface area contributed by atoms with Crippen LogP contribution in [0, 0.1) is 6.92 Å². The molecular formula is C12H12F3N5. The van der Waals surface area contributed by atoms with E-state index in [4.69, 9.17) is 5.84 Å². The highest BCUT2D eigenvalue weighted by molar-refractivity contribution is 5.64. The normalized spacial score (nSPS) is 11.2. The van der Waals surface area contributed by atoms with Gasteiger partial charge in [0, 0.05) is 11.3 Å². The number of rotatable bonds is 3. The third-order valence-corrected chi connectivity index (χ3v) is 2.67. The van der Waals surface area contributed by atoms with Gasteiger partial charge >= 0.3 is 6.18 Å². The Morgan fingerprint density at radius 2 is 1.85 bits per heavy atom. The molecule has 20 heavy (non-hydrogen) atoms. The molecule has 0 fully saturated rings. The molecule has 5 nitrogen and oxygen atoms in total. The van der Waals surface area contributed by atoms with Crippen LogP contribution in [0.1, 0.15) is 11.1 Å². The number of hydrazine groups is 1. The lowest BCUT2D eigenvalue weighted by atomic mass is 10.2. The fourth-order valence-electron chi connectivity index (χ4n) is 1.63. The number of benzene rings is 1. The molecule has 1 heterocycles. The van der Waals surface area contributed by atoms with Crippen LogP contribution < -0.4 is 16.6 Å². The lowest BCUT2D eigenvalue weighted by Crippen LogP contribution is -2.12. The van der Waals surface area contributed by atoms with Crippen molar-refractivity contribution in [2.75, 3.05) is 10.7 Å². The van der Waals surface area contributed by atoms with E-state index in [0.29, 0.717) is 17.2 Å². The Balaban J connectivity index is 2.31. The first-order chi connectivity index (χ1) is 9.41. The summed E-state index contributed by atoms with van der Waals surface area (Å²) in [6.45, 7) is 1.70. The van der Waals surface area contributed by atoms with Gasteiger partial charge in [0.15, 0.2) is 0 Å². The second-order valence-corrected chi connectivity index (χ2v) is 4.04. The maximum atomic E-state index is 12.6. The number of hydrogen-bond acceptors (Lipinski definition) is 5. The molecule has 1 aromatic carbocycles. The van der Waals surface area contributed by atoms with Gasteiger partial charge in [0.1, 0.15) is 18.0 Å². The zero-order valence-corrected chi connectivity index (χ0v) is 10.5. The Morgan fingerprint density at radius 3 is 2.50 bits per heavy atom. The average Bonchev–Trinajstić information content (AvgIpc) is 2.40. The molecule has 0 aliphatic heterocycles. The van der Waals surface area contributed by atoms with Crippen LogP contribution in [0.3, 0.4) is 0 Å². The number of nitrogens with two attached hydrogens (primary N) is 1. The second kappa shape index (κ2) is 5.33. The summed E-state index contributed by atoms with van der Waals surface area (Å²) in [7, 11) is 0. The number of anilines is 3. The van der Waals surface area contributed by atoms with Crippen LogP contribution in [0.15, 0.2) is 30.6 Å². The average molecular weight is 283 g/mol. The first-order valence-electron chi connectivity index (χ1n) is 5.64. The summed E-state index contributed by atoms with van der Waals surface area (Å²) in [5, 5.41) is 2.81. The number of hydrogen-bond donors (Lipinski definition) is 3. The molecule has 0 saturated heterocycles. The first kappa shape index (κ1) is 14.1. The van der Waals surface area contributed by atoms with E-state index < -0.39 is 11.7 Å². The van der Waals surface area contributed by atoms with E-state index in [1.165, 1.54) is 18.5 Å². The van der Waals surface area contributed by atoms with E-state index >= 15 is 0 Å². The third-order valence-electron chi connectivity index (χ3n) is 2.67. The molecule has 0 saturated carbocycles. The quantitative estimate of drug-likeness (QED) is 0.596. The van der Waals surface area contributed by atoms with Gasteiger partial charge in [-0.1, -0.05) is 6.07 Å². The van der Waals surface area contributed by atoms with Gasteiger partial charge in [-0.15, -0.1) is 0 Å². The Hall–Kier alpha value is -2.35. The lowest BCUT2D eigenvalue weighted by molar-refractivity contribution is -0.137. The number of nitrogens with zero attached hydrogens (tertiary/aromatic N) is 2. The molecular weight excluding hydrogens is 271 g/mol. The second-order valence-electron chi connectivity index (χ2n) is 4.04. The molecule has 0 amide bonds. The van der Waals surface area contributed by atoms with E-state index in [1.54, 1.807) is 6.92 Å². The van der Waals surface area contributed by atoms with Crippen molar-refractivity contribution < 1.29 is 13.2 Å². The fourth-order valence-corrected chi connectivity index (χ4v) is 1.63. The van der Waals surface area contributed by atoms with Crippen molar-refractivity contribution in [1.82, 2.24) is 9.97 Å². The van der Waals surface area contributed by atoms with E-state index in [1.807, 2.05) is 0 Å². The monoisotopic (exact) mass is 283 g/mol. The SMILES string of the molecule is Cc1c(NN)ncnc1Nc1cccc(C(F)(F)F)c1. The van der Waals surface area contributed by atoms with Gasteiger partial charge in [-0.05, 0) is 25.1 Å². The highest BCUT2D eigenvalue weighted by Crippen LogP contribution is 2.31. The minimum absolute atomic E-state index is 0.282. The molecule has 106 valence electrons. The van der Waals surface area contributed by atoms with Gasteiger partial charge in [-0.25, -0.2) is 15.8 Å². The van der Waals surface area contributed by atoms with Gasteiger partial charge in [0.05, 0.1) is 5.56 Å². The molecule has 0 bridgehead atoms. The lowest BCUT2D eigenvalue weighted by Gasteiger charge is -2.12. The highest BCUT2D eigenvalue weighted by atomic mass is 19.4. The van der Waals surface area contributed by atoms with Gasteiger partial charge < -0.3 is 10.7 Å². The van der Waals surface area contributed by atoms with Crippen molar-refractivity contribution in [1.29, 1.82) is 0 Å². The summed E-state index contributed by atoms with van der Waals surface area (Å²) in [5.41, 5.74) is 2.54. The van der Waals surface area contributed by atoms with Gasteiger partial charge in [-0.2, -0.15) is 13.2 Å². The maximum absolute atomic E-state index is 12.6. The summed E-state index contributed by atoms with van der Waals surface area (Å²) in [4.78, 5) is 7.86. The molecule has 0 aliphatic rings. The first-order valence-corrected chi connectivity index (χ1v) is 5.64. The smallest absolute Gasteiger partial charge is 0.340 e. The molecule has 2 rings (SSSR count). The van der Waals surface area contributed by atoms with E-state index in [2.05, 4.69) is 20.7 Å². The van der Waals surface area contributed by atoms with Crippen LogP contribution in [-0.2, 0) is 6.18 Å². The van der Waals surface area contributed by atoms with Gasteiger partial charge in [0.2, 0.25) is 0 Å². The molecule has 0 aliphatic carbocycles. The fraction of sp³-hybridized carbons (Fsp3) is 0.167. The predicted octanol–water partition coefficient (Wildman–Crippen LogP) is 2.83. The molecule has 0 radical (unpaired) electrons. The molecule has 8 heteroatoms. The van der Waals surface area contributed by atoms with Gasteiger partial charge in [0.25, 0.3) is 0 Å². The van der Waals surface area contributed by atoms with E-state index in [9.17, 15) is 13.2 Å². The van der Waals surface area contributed by atoms with Crippen LogP contribution in [0.25, 0.3) is 0 Å². The number of halogens is 3. The van der Waals surface area contributed by atoms with Gasteiger partial charge in [-0.3, -0.25) is 0 Å². The van der Waals surface area contributed by atoms with Crippen molar-refractivity contribution in [2.24, 2.45) is 5.84 Å². The molecule has 4 N–H and O–H groups in total. The maximum Gasteiger partial charge on any atom is 0.416 e. The molecule has 0 unspecified atom stereocenters. The Kier molecular flexibility index (Phi) is 3.75. The van der Waals surface area contributed by atoms with Crippen LogP contribution in [0.4, 0.5) is 30.5 Å². The van der Waals surface area contributed by atoms with Crippen LogP contribution in [-0.4, -0.2) is 9.97 Å². The summed E-state index contributed by atoms with van der Waals surface area (Å²) in [6.07, 6.45) is -3.12. The molecule has 0 atom stereocenters. The van der Waals surface area contributed by atoms with Crippen molar-refractivity contribution in [3.8, 4) is 0 Å². The van der Waals surface area contributed by atoms with E-state index in [0.717, 1.165) is 12.1 Å². The highest BCUT2D eigenvalue weighted by Gasteiger charge is 2.30. The minimum Gasteiger partial charge on any atom is -0.340 e. The van der Waals surface area contributed by atoms with Crippen molar-refractivity contribution in [3.63, 3.8) is 0 Å². The zero-order valence-electron chi connectivity index (χ0n) is 10.5. The van der Waals surface area contributed by atoms with Crippen LogP contribution >= 0.6 is 0 Å². The van der Waals surface area contributed by atoms with Crippen molar-refractivity contribution >= 4 is 17.3 Å². The number of alkyl halides is 3. The Morgan fingerprint density at radius 1 is 1.15 bits per heavy atom. The summed E-state index contributed by atoms with van der Waals surface area (Å²) < 4.78 is 37.9. The van der Waals surface area contributed by atoms with Crippen LogP contribution in [0.5, 0.6) is 0 Å². The number of nitrogens with one attached hydrogen (secondary N) is 2. The summed E-state index contributed by atoms with van der Waals surface area (Å²) in [6, 6.07) is 4.86. The number of aromatic nitrogens is 2. The summed E-state index contributed by atoms with van der Waals surface area (Å²) >= 11 is 0. The predicted molar refractivity (Wildman–Crippen MR) is 69.3 cm³/mol. The van der Waals surface area contributed by atoms with E-state index in [-0.39, 0.29) is 5.69 Å². The molecule has 2 aromatic rings. The Labute approximate surface area is 113 Å². The largest absolute Gasteiger partial charge is 0.416 e. The third kappa shape index (κ3) is 2.97. The standard InChI is InChI=1S/C12H12F3N5/c1-7-10(17-6-18-11(7)20-16)19-9-4-2-3-8(5-9)12(13,14)15/h2-6H,16H2,1H3,(H2,17,18,19,20). The minimum atomic E-state index is -4.39.